The van der Waals surface area contributed by atoms with Crippen molar-refractivity contribution in [3.05, 3.63) is 22.2 Å². The van der Waals surface area contributed by atoms with Crippen LogP contribution in [0.4, 0.5) is 0 Å². The number of rotatable bonds is 3. The first-order valence-corrected chi connectivity index (χ1v) is 4.39. The van der Waals surface area contributed by atoms with E-state index >= 15 is 0 Å². The molecule has 0 N–H and O–H groups in total. The van der Waals surface area contributed by atoms with Crippen LogP contribution >= 0.6 is 15.9 Å². The number of ether oxygens (including phenoxy) is 2. The van der Waals surface area contributed by atoms with E-state index in [4.69, 9.17) is 9.47 Å². The number of carbonyl (C=O) groups is 1. The van der Waals surface area contributed by atoms with E-state index in [2.05, 4.69) is 15.9 Å². The van der Waals surface area contributed by atoms with Gasteiger partial charge in [0.05, 0.1) is 18.7 Å². The van der Waals surface area contributed by atoms with Crippen molar-refractivity contribution >= 4 is 22.2 Å². The van der Waals surface area contributed by atoms with Crippen LogP contribution in [0.15, 0.2) is 16.6 Å². The lowest BCUT2D eigenvalue weighted by molar-refractivity contribution is 0.112. The van der Waals surface area contributed by atoms with Crippen LogP contribution in [-0.4, -0.2) is 20.5 Å². The molecule has 0 unspecified atom stereocenters. The van der Waals surface area contributed by atoms with Gasteiger partial charge in [0.25, 0.3) is 0 Å². The van der Waals surface area contributed by atoms with Gasteiger partial charge in [-0.05, 0) is 28.1 Å². The molecule has 0 bridgehead atoms. The van der Waals surface area contributed by atoms with Crippen LogP contribution in [0.2, 0.25) is 0 Å². The molecular formula is C9H9BrO3. The van der Waals surface area contributed by atoms with Crippen LogP contribution in [0.1, 0.15) is 10.4 Å². The van der Waals surface area contributed by atoms with Crippen molar-refractivity contribution in [2.24, 2.45) is 0 Å². The second kappa shape index (κ2) is 4.28. The van der Waals surface area contributed by atoms with Gasteiger partial charge >= 0.3 is 0 Å². The van der Waals surface area contributed by atoms with Crippen LogP contribution in [0.5, 0.6) is 11.5 Å². The second-order valence-electron chi connectivity index (χ2n) is 2.32. The van der Waals surface area contributed by atoms with Crippen LogP contribution in [-0.2, 0) is 0 Å². The van der Waals surface area contributed by atoms with E-state index in [1.165, 1.54) is 7.11 Å². The van der Waals surface area contributed by atoms with Gasteiger partial charge in [-0.3, -0.25) is 4.79 Å². The quantitative estimate of drug-likeness (QED) is 0.766. The summed E-state index contributed by atoms with van der Waals surface area (Å²) >= 11 is 3.26. The zero-order chi connectivity index (χ0) is 9.84. The third kappa shape index (κ3) is 1.83. The maximum Gasteiger partial charge on any atom is 0.175 e. The van der Waals surface area contributed by atoms with E-state index in [9.17, 15) is 4.79 Å². The van der Waals surface area contributed by atoms with Crippen molar-refractivity contribution in [1.82, 2.24) is 0 Å². The molecule has 0 aliphatic heterocycles. The summed E-state index contributed by atoms with van der Waals surface area (Å²) in [5.74, 6) is 1.13. The summed E-state index contributed by atoms with van der Waals surface area (Å²) in [4.78, 5) is 10.6. The fourth-order valence-corrected chi connectivity index (χ4v) is 1.58. The standard InChI is InChI=1S/C9H9BrO3/c1-12-7-4-3-6(5-11)8(10)9(7)13-2/h3-5H,1-2H3. The topological polar surface area (TPSA) is 35.5 Å². The minimum absolute atomic E-state index is 0.534. The fourth-order valence-electron chi connectivity index (χ4n) is 0.996. The number of hydrogen-bond donors (Lipinski definition) is 0. The van der Waals surface area contributed by atoms with Crippen molar-refractivity contribution in [2.45, 2.75) is 0 Å². The summed E-state index contributed by atoms with van der Waals surface area (Å²) in [6.45, 7) is 0. The predicted molar refractivity (Wildman–Crippen MR) is 52.6 cm³/mol. The molecule has 0 radical (unpaired) electrons. The summed E-state index contributed by atoms with van der Waals surface area (Å²) in [6.07, 6.45) is 0.756. The Balaban J connectivity index is 3.31. The maximum absolute atomic E-state index is 10.6. The lowest BCUT2D eigenvalue weighted by Crippen LogP contribution is -1.94. The third-order valence-corrected chi connectivity index (χ3v) is 2.46. The van der Waals surface area contributed by atoms with Crippen molar-refractivity contribution in [2.75, 3.05) is 14.2 Å². The summed E-state index contributed by atoms with van der Waals surface area (Å²) in [5.41, 5.74) is 0.539. The molecule has 1 rings (SSSR count). The monoisotopic (exact) mass is 244 g/mol. The molecule has 0 fully saturated rings. The van der Waals surface area contributed by atoms with Gasteiger partial charge < -0.3 is 9.47 Å². The molecule has 0 aliphatic carbocycles. The van der Waals surface area contributed by atoms with Gasteiger partial charge in [-0.2, -0.15) is 0 Å². The Morgan fingerprint density at radius 3 is 2.46 bits per heavy atom. The number of aldehydes is 1. The molecule has 0 aromatic heterocycles. The molecule has 0 atom stereocenters. The number of methoxy groups -OCH3 is 2. The van der Waals surface area contributed by atoms with Crippen LogP contribution < -0.4 is 9.47 Å². The summed E-state index contributed by atoms with van der Waals surface area (Å²) in [5, 5.41) is 0. The fraction of sp³-hybridized carbons (Fsp3) is 0.222. The molecule has 0 aliphatic rings. The average molecular weight is 245 g/mol. The van der Waals surface area contributed by atoms with E-state index < -0.39 is 0 Å². The van der Waals surface area contributed by atoms with E-state index in [-0.39, 0.29) is 0 Å². The van der Waals surface area contributed by atoms with Gasteiger partial charge in [0.1, 0.15) is 0 Å². The van der Waals surface area contributed by atoms with E-state index in [0.717, 1.165) is 6.29 Å². The predicted octanol–water partition coefficient (Wildman–Crippen LogP) is 2.28. The highest BCUT2D eigenvalue weighted by atomic mass is 79.9. The van der Waals surface area contributed by atoms with Gasteiger partial charge in [0.15, 0.2) is 17.8 Å². The smallest absolute Gasteiger partial charge is 0.175 e. The first-order chi connectivity index (χ1) is 6.24. The summed E-state index contributed by atoms with van der Waals surface area (Å²) < 4.78 is 10.7. The lowest BCUT2D eigenvalue weighted by Gasteiger charge is -2.09. The normalized spacial score (nSPS) is 9.46. The molecular weight excluding hydrogens is 236 g/mol. The molecule has 0 saturated carbocycles. The molecule has 4 heteroatoms. The molecule has 0 saturated heterocycles. The van der Waals surface area contributed by atoms with E-state index in [1.54, 1.807) is 19.2 Å². The van der Waals surface area contributed by atoms with E-state index in [0.29, 0.717) is 21.5 Å². The summed E-state index contributed by atoms with van der Waals surface area (Å²) in [7, 11) is 3.07. The minimum atomic E-state index is 0.534. The third-order valence-electron chi connectivity index (χ3n) is 1.64. The highest BCUT2D eigenvalue weighted by Gasteiger charge is 2.11. The second-order valence-corrected chi connectivity index (χ2v) is 3.12. The molecule has 70 valence electrons. The number of halogens is 1. The largest absolute Gasteiger partial charge is 0.493 e. The maximum atomic E-state index is 10.6. The van der Waals surface area contributed by atoms with Crippen LogP contribution in [0.25, 0.3) is 0 Å². The Bertz CT molecular complexity index is 323. The highest BCUT2D eigenvalue weighted by Crippen LogP contribution is 2.36. The van der Waals surface area contributed by atoms with Crippen molar-refractivity contribution in [1.29, 1.82) is 0 Å². The summed E-state index contributed by atoms with van der Waals surface area (Å²) in [6, 6.07) is 3.35. The molecule has 3 nitrogen and oxygen atoms in total. The zero-order valence-corrected chi connectivity index (χ0v) is 8.92. The van der Waals surface area contributed by atoms with Crippen molar-refractivity contribution in [3.63, 3.8) is 0 Å². The minimum Gasteiger partial charge on any atom is -0.493 e. The first-order valence-electron chi connectivity index (χ1n) is 3.60. The average Bonchev–Trinajstić information content (AvgIpc) is 2.17. The SMILES string of the molecule is COc1ccc(C=O)c(Br)c1OC. The number of hydrogen-bond acceptors (Lipinski definition) is 3. The zero-order valence-electron chi connectivity index (χ0n) is 7.33. The van der Waals surface area contributed by atoms with Gasteiger partial charge in [-0.1, -0.05) is 0 Å². The number of benzene rings is 1. The highest BCUT2D eigenvalue weighted by molar-refractivity contribution is 9.10. The van der Waals surface area contributed by atoms with Crippen molar-refractivity contribution < 1.29 is 14.3 Å². The molecule has 0 amide bonds. The lowest BCUT2D eigenvalue weighted by atomic mass is 10.2. The Labute approximate surface area is 84.8 Å². The van der Waals surface area contributed by atoms with Gasteiger partial charge in [-0.15, -0.1) is 0 Å². The molecule has 0 spiro atoms. The van der Waals surface area contributed by atoms with Crippen LogP contribution in [0, 0.1) is 0 Å². The Kier molecular flexibility index (Phi) is 3.31. The van der Waals surface area contributed by atoms with Gasteiger partial charge in [-0.25, -0.2) is 0 Å². The molecule has 1 aromatic carbocycles. The number of carbonyl (C=O) groups excluding carboxylic acids is 1. The van der Waals surface area contributed by atoms with E-state index in [1.807, 2.05) is 0 Å². The Hall–Kier alpha value is -1.03. The van der Waals surface area contributed by atoms with Gasteiger partial charge in [0, 0.05) is 5.56 Å². The first kappa shape index (κ1) is 10.1. The molecule has 0 heterocycles. The Morgan fingerprint density at radius 2 is 2.00 bits per heavy atom. The van der Waals surface area contributed by atoms with Crippen LogP contribution in [0.3, 0.4) is 0 Å². The molecule has 1 aromatic rings. The van der Waals surface area contributed by atoms with Crippen molar-refractivity contribution in [3.8, 4) is 11.5 Å². The molecule has 13 heavy (non-hydrogen) atoms. The Morgan fingerprint density at radius 1 is 1.31 bits per heavy atom. The van der Waals surface area contributed by atoms with Gasteiger partial charge in [0.2, 0.25) is 0 Å².